The Balaban J connectivity index is 1.95. The van der Waals surface area contributed by atoms with Crippen molar-refractivity contribution in [3.63, 3.8) is 0 Å². The molecule has 0 aliphatic heterocycles. The molecule has 4 nitrogen and oxygen atoms in total. The number of hydrogen-bond donors (Lipinski definition) is 0. The zero-order chi connectivity index (χ0) is 12.1. The van der Waals surface area contributed by atoms with Crippen LogP contribution in [0.1, 0.15) is 11.3 Å². The third-order valence-electron chi connectivity index (χ3n) is 2.55. The van der Waals surface area contributed by atoms with E-state index in [-0.39, 0.29) is 0 Å². The highest BCUT2D eigenvalue weighted by molar-refractivity contribution is 5.42. The quantitative estimate of drug-likeness (QED) is 0.801. The van der Waals surface area contributed by atoms with Crippen LogP contribution in [0.25, 0.3) is 0 Å². The molecule has 0 unspecified atom stereocenters. The second kappa shape index (κ2) is 5.17. The van der Waals surface area contributed by atoms with Crippen molar-refractivity contribution in [2.24, 2.45) is 7.05 Å². The van der Waals surface area contributed by atoms with Crippen molar-refractivity contribution >= 4 is 0 Å². The number of aromatic nitrogens is 2. The molecular weight excluding hydrogens is 214 g/mol. The van der Waals surface area contributed by atoms with Crippen LogP contribution in [0.15, 0.2) is 36.5 Å². The molecule has 0 N–H and O–H groups in total. The number of rotatable bonds is 4. The number of para-hydroxylation sites is 1. The van der Waals surface area contributed by atoms with Gasteiger partial charge in [0.25, 0.3) is 0 Å². The number of benzene rings is 1. The topological polar surface area (TPSA) is 50.8 Å². The lowest BCUT2D eigenvalue weighted by Gasteiger charge is -2.07. The fraction of sp³-hybridized carbons (Fsp3) is 0.231. The summed E-state index contributed by atoms with van der Waals surface area (Å²) in [4.78, 5) is 0. The summed E-state index contributed by atoms with van der Waals surface area (Å²) in [6, 6.07) is 11.3. The molecule has 0 radical (unpaired) electrons. The van der Waals surface area contributed by atoms with E-state index in [1.165, 1.54) is 0 Å². The lowest BCUT2D eigenvalue weighted by atomic mass is 10.2. The van der Waals surface area contributed by atoms with Gasteiger partial charge >= 0.3 is 0 Å². The molecule has 4 heteroatoms. The van der Waals surface area contributed by atoms with Gasteiger partial charge in [0.1, 0.15) is 11.8 Å². The second-order valence-corrected chi connectivity index (χ2v) is 3.65. The van der Waals surface area contributed by atoms with Crippen LogP contribution in [0.4, 0.5) is 0 Å². The first-order chi connectivity index (χ1) is 8.31. The summed E-state index contributed by atoms with van der Waals surface area (Å²) in [5.74, 6) is 0.636. The molecular formula is C13H13N3O. The van der Waals surface area contributed by atoms with Gasteiger partial charge in [0.2, 0.25) is 0 Å². The highest BCUT2D eigenvalue weighted by Crippen LogP contribution is 2.16. The Morgan fingerprint density at radius 2 is 2.18 bits per heavy atom. The minimum Gasteiger partial charge on any atom is -0.492 e. The fourth-order valence-electron chi connectivity index (χ4n) is 1.60. The van der Waals surface area contributed by atoms with Gasteiger partial charge in [-0.15, -0.1) is 0 Å². The Kier molecular flexibility index (Phi) is 3.41. The molecule has 0 spiro atoms. The standard InChI is InChI=1S/C13H13N3O/c1-16-12(6-8-15-16)7-9-17-13-5-3-2-4-11(13)10-14/h2-6,8H,7,9H2,1H3. The van der Waals surface area contributed by atoms with E-state index in [2.05, 4.69) is 11.2 Å². The average Bonchev–Trinajstić information content (AvgIpc) is 2.76. The van der Waals surface area contributed by atoms with Crippen molar-refractivity contribution in [3.05, 3.63) is 47.8 Å². The summed E-state index contributed by atoms with van der Waals surface area (Å²) in [7, 11) is 1.90. The number of hydrogen-bond acceptors (Lipinski definition) is 3. The van der Waals surface area contributed by atoms with Crippen molar-refractivity contribution < 1.29 is 4.74 Å². The van der Waals surface area contributed by atoms with Crippen LogP contribution in [0.5, 0.6) is 5.75 Å². The molecule has 0 aliphatic rings. The van der Waals surface area contributed by atoms with Gasteiger partial charge in [-0.25, -0.2) is 0 Å². The average molecular weight is 227 g/mol. The second-order valence-electron chi connectivity index (χ2n) is 3.65. The van der Waals surface area contributed by atoms with E-state index in [4.69, 9.17) is 10.00 Å². The number of aryl methyl sites for hydroxylation is 1. The van der Waals surface area contributed by atoms with Crippen molar-refractivity contribution in [1.29, 1.82) is 5.26 Å². The summed E-state index contributed by atoms with van der Waals surface area (Å²) in [6.07, 6.45) is 2.54. The Morgan fingerprint density at radius 3 is 2.88 bits per heavy atom. The van der Waals surface area contributed by atoms with Crippen molar-refractivity contribution in [1.82, 2.24) is 9.78 Å². The van der Waals surface area contributed by atoms with Crippen LogP contribution in [0.3, 0.4) is 0 Å². The van der Waals surface area contributed by atoms with Gasteiger partial charge in [-0.1, -0.05) is 12.1 Å². The Hall–Kier alpha value is -2.28. The molecule has 0 saturated carbocycles. The van der Waals surface area contributed by atoms with E-state index in [1.807, 2.05) is 36.0 Å². The van der Waals surface area contributed by atoms with E-state index < -0.39 is 0 Å². The predicted molar refractivity (Wildman–Crippen MR) is 63.6 cm³/mol. The van der Waals surface area contributed by atoms with Gasteiger partial charge in [0, 0.05) is 25.4 Å². The molecule has 0 saturated heterocycles. The zero-order valence-corrected chi connectivity index (χ0v) is 9.63. The molecule has 0 aliphatic carbocycles. The third-order valence-corrected chi connectivity index (χ3v) is 2.55. The maximum absolute atomic E-state index is 8.90. The van der Waals surface area contributed by atoms with Crippen molar-refractivity contribution in [2.45, 2.75) is 6.42 Å². The molecule has 86 valence electrons. The van der Waals surface area contributed by atoms with Crippen molar-refractivity contribution in [3.8, 4) is 11.8 Å². The van der Waals surface area contributed by atoms with E-state index in [0.29, 0.717) is 17.9 Å². The highest BCUT2D eigenvalue weighted by Gasteiger charge is 2.03. The Morgan fingerprint density at radius 1 is 1.35 bits per heavy atom. The Bertz CT molecular complexity index is 540. The minimum absolute atomic E-state index is 0.540. The van der Waals surface area contributed by atoms with Gasteiger partial charge in [0.05, 0.1) is 12.2 Å². The van der Waals surface area contributed by atoms with Gasteiger partial charge in [-0.2, -0.15) is 10.4 Å². The van der Waals surface area contributed by atoms with Crippen molar-refractivity contribution in [2.75, 3.05) is 6.61 Å². The molecule has 17 heavy (non-hydrogen) atoms. The molecule has 0 atom stereocenters. The summed E-state index contributed by atoms with van der Waals surface area (Å²) < 4.78 is 7.41. The van der Waals surface area contributed by atoms with E-state index >= 15 is 0 Å². The molecule has 2 aromatic rings. The smallest absolute Gasteiger partial charge is 0.137 e. The van der Waals surface area contributed by atoms with Gasteiger partial charge in [-0.3, -0.25) is 4.68 Å². The normalized spacial score (nSPS) is 9.88. The van der Waals surface area contributed by atoms with E-state index in [1.54, 1.807) is 12.3 Å². The zero-order valence-electron chi connectivity index (χ0n) is 9.63. The molecule has 0 bridgehead atoms. The number of nitriles is 1. The highest BCUT2D eigenvalue weighted by atomic mass is 16.5. The Labute approximate surface area is 100 Å². The first-order valence-electron chi connectivity index (χ1n) is 5.40. The van der Waals surface area contributed by atoms with Crippen LogP contribution in [-0.4, -0.2) is 16.4 Å². The molecule has 0 amide bonds. The van der Waals surface area contributed by atoms with Crippen LogP contribution < -0.4 is 4.74 Å². The largest absolute Gasteiger partial charge is 0.492 e. The maximum atomic E-state index is 8.90. The molecule has 2 rings (SSSR count). The van der Waals surface area contributed by atoms with E-state index in [0.717, 1.165) is 12.1 Å². The molecule has 1 aromatic heterocycles. The number of nitrogens with zero attached hydrogens (tertiary/aromatic N) is 3. The lowest BCUT2D eigenvalue weighted by molar-refractivity contribution is 0.317. The van der Waals surface area contributed by atoms with Crippen LogP contribution in [0.2, 0.25) is 0 Å². The maximum Gasteiger partial charge on any atom is 0.137 e. The van der Waals surface area contributed by atoms with Crippen LogP contribution >= 0.6 is 0 Å². The van der Waals surface area contributed by atoms with Crippen LogP contribution in [-0.2, 0) is 13.5 Å². The van der Waals surface area contributed by atoms with Gasteiger partial charge in [0.15, 0.2) is 0 Å². The van der Waals surface area contributed by atoms with E-state index in [9.17, 15) is 0 Å². The van der Waals surface area contributed by atoms with Crippen LogP contribution in [0, 0.1) is 11.3 Å². The molecule has 1 aromatic carbocycles. The fourth-order valence-corrected chi connectivity index (χ4v) is 1.60. The first-order valence-corrected chi connectivity index (χ1v) is 5.40. The number of ether oxygens (including phenoxy) is 1. The molecule has 1 heterocycles. The summed E-state index contributed by atoms with van der Waals surface area (Å²) in [6.45, 7) is 0.540. The summed E-state index contributed by atoms with van der Waals surface area (Å²) >= 11 is 0. The first kappa shape index (κ1) is 11.2. The lowest BCUT2D eigenvalue weighted by Crippen LogP contribution is -2.06. The van der Waals surface area contributed by atoms with Gasteiger partial charge in [-0.05, 0) is 18.2 Å². The SMILES string of the molecule is Cn1nccc1CCOc1ccccc1C#N. The molecule has 0 fully saturated rings. The van der Waals surface area contributed by atoms with Gasteiger partial charge < -0.3 is 4.74 Å². The monoisotopic (exact) mass is 227 g/mol. The minimum atomic E-state index is 0.540. The summed E-state index contributed by atoms with van der Waals surface area (Å²) in [5.41, 5.74) is 1.68. The third kappa shape index (κ3) is 2.64. The summed E-state index contributed by atoms with van der Waals surface area (Å²) in [5, 5.41) is 13.0. The predicted octanol–water partition coefficient (Wildman–Crippen LogP) is 1.91.